The van der Waals surface area contributed by atoms with Crippen LogP contribution in [0.15, 0.2) is 60.8 Å². The fraction of sp³-hybridized carbons (Fsp3) is 0.250. The number of nitrogens with zero attached hydrogens (tertiary/aromatic N) is 3. The molecule has 4 aromatic rings. The topological polar surface area (TPSA) is 73.2 Å². The lowest BCUT2D eigenvalue weighted by Crippen LogP contribution is -2.40. The number of benzene rings is 2. The van der Waals surface area contributed by atoms with Gasteiger partial charge in [0.25, 0.3) is 0 Å². The summed E-state index contributed by atoms with van der Waals surface area (Å²) < 4.78 is 13.1. The first-order valence-corrected chi connectivity index (χ1v) is 10.4. The minimum atomic E-state index is 0.400. The van der Waals surface area contributed by atoms with Gasteiger partial charge in [0.05, 0.1) is 30.3 Å². The van der Waals surface area contributed by atoms with E-state index in [4.69, 9.17) is 14.5 Å². The van der Waals surface area contributed by atoms with Gasteiger partial charge in [0.15, 0.2) is 0 Å². The van der Waals surface area contributed by atoms with Gasteiger partial charge in [0.2, 0.25) is 11.8 Å². The molecule has 3 heterocycles. The third-order valence-corrected chi connectivity index (χ3v) is 5.37. The largest absolute Gasteiger partial charge is 0.439 e. The summed E-state index contributed by atoms with van der Waals surface area (Å²) in [4.78, 5) is 9.00. The van der Waals surface area contributed by atoms with Gasteiger partial charge in [-0.25, -0.2) is 9.97 Å². The Hall–Kier alpha value is -3.58. The lowest BCUT2D eigenvalue weighted by atomic mass is 10.2. The second-order valence-corrected chi connectivity index (χ2v) is 7.85. The Balaban J connectivity index is 1.23. The van der Waals surface area contributed by atoms with Gasteiger partial charge in [-0.2, -0.15) is 0 Å². The molecule has 1 aliphatic rings. The number of aryl methyl sites for hydroxylation is 2. The van der Waals surface area contributed by atoms with Crippen LogP contribution in [0.25, 0.3) is 11.0 Å². The molecule has 0 unspecified atom stereocenters. The zero-order valence-corrected chi connectivity index (χ0v) is 17.6. The minimum Gasteiger partial charge on any atom is -0.439 e. The maximum atomic E-state index is 5.80. The Labute approximate surface area is 181 Å². The average Bonchev–Trinajstić information content (AvgIpc) is 3.07. The average molecular weight is 415 g/mol. The number of rotatable bonds is 7. The van der Waals surface area contributed by atoms with E-state index < -0.39 is 0 Å². The van der Waals surface area contributed by atoms with Crippen molar-refractivity contribution in [2.24, 2.45) is 7.05 Å². The maximum absolute atomic E-state index is 5.80. The van der Waals surface area contributed by atoms with E-state index in [2.05, 4.69) is 32.3 Å². The summed E-state index contributed by atoms with van der Waals surface area (Å²) in [6.07, 6.45) is 1.80. The standard InChI is InChI=1S/C24H25N5O2/c1-16-3-10-23(25-12-16)31-20-7-4-17(5-8-20)13-26-24-28-21-9-6-18(11-22(21)29(24)2)27-19-14-30-15-19/h3-12,19,27H,13-15H2,1-2H3,(H,26,28). The van der Waals surface area contributed by atoms with Crippen molar-refractivity contribution in [3.8, 4) is 11.6 Å². The van der Waals surface area contributed by atoms with Crippen molar-refractivity contribution in [3.05, 3.63) is 71.9 Å². The SMILES string of the molecule is Cc1ccc(Oc2ccc(CNc3nc4ccc(NC5COC5)cc4n3C)cc2)nc1. The molecule has 0 saturated carbocycles. The molecule has 1 aliphatic heterocycles. The van der Waals surface area contributed by atoms with Crippen molar-refractivity contribution in [1.29, 1.82) is 0 Å². The van der Waals surface area contributed by atoms with Gasteiger partial charge < -0.3 is 24.7 Å². The molecule has 31 heavy (non-hydrogen) atoms. The molecule has 2 N–H and O–H groups in total. The van der Waals surface area contributed by atoms with E-state index in [1.165, 1.54) is 0 Å². The summed E-state index contributed by atoms with van der Waals surface area (Å²) in [5, 5.41) is 6.92. The molecule has 0 atom stereocenters. The van der Waals surface area contributed by atoms with E-state index in [9.17, 15) is 0 Å². The number of anilines is 2. The molecule has 1 fully saturated rings. The Morgan fingerprint density at radius 2 is 1.94 bits per heavy atom. The Kier molecular flexibility index (Phi) is 5.18. The molecule has 0 bridgehead atoms. The van der Waals surface area contributed by atoms with Crippen molar-refractivity contribution >= 4 is 22.7 Å². The molecule has 2 aromatic carbocycles. The van der Waals surface area contributed by atoms with E-state index in [0.29, 0.717) is 18.5 Å². The molecule has 5 rings (SSSR count). The number of hydrogen-bond donors (Lipinski definition) is 2. The van der Waals surface area contributed by atoms with Crippen LogP contribution in [0.2, 0.25) is 0 Å². The number of pyridine rings is 1. The molecule has 0 spiro atoms. The zero-order valence-electron chi connectivity index (χ0n) is 17.6. The fourth-order valence-corrected chi connectivity index (χ4v) is 3.48. The van der Waals surface area contributed by atoms with Crippen molar-refractivity contribution in [1.82, 2.24) is 14.5 Å². The number of ether oxygens (including phenoxy) is 2. The van der Waals surface area contributed by atoms with Gasteiger partial charge in [0.1, 0.15) is 5.75 Å². The van der Waals surface area contributed by atoms with Gasteiger partial charge >= 0.3 is 0 Å². The van der Waals surface area contributed by atoms with Gasteiger partial charge in [-0.1, -0.05) is 18.2 Å². The lowest BCUT2D eigenvalue weighted by molar-refractivity contribution is 0.0211. The lowest BCUT2D eigenvalue weighted by Gasteiger charge is -2.27. The number of aromatic nitrogens is 3. The third-order valence-electron chi connectivity index (χ3n) is 5.37. The van der Waals surface area contributed by atoms with Crippen LogP contribution in [0, 0.1) is 6.92 Å². The molecule has 0 amide bonds. The summed E-state index contributed by atoms with van der Waals surface area (Å²) in [6.45, 7) is 4.21. The second-order valence-electron chi connectivity index (χ2n) is 7.85. The van der Waals surface area contributed by atoms with E-state index in [-0.39, 0.29) is 0 Å². The van der Waals surface area contributed by atoms with Crippen LogP contribution in [0.1, 0.15) is 11.1 Å². The van der Waals surface area contributed by atoms with Crippen molar-refractivity contribution < 1.29 is 9.47 Å². The maximum Gasteiger partial charge on any atom is 0.219 e. The number of imidazole rings is 1. The fourth-order valence-electron chi connectivity index (χ4n) is 3.48. The summed E-state index contributed by atoms with van der Waals surface area (Å²) in [5.74, 6) is 2.19. The van der Waals surface area contributed by atoms with Gasteiger partial charge in [0, 0.05) is 31.5 Å². The van der Waals surface area contributed by atoms with Crippen LogP contribution in [0.4, 0.5) is 11.6 Å². The first kappa shape index (κ1) is 19.4. The first-order valence-electron chi connectivity index (χ1n) is 10.4. The second kappa shape index (κ2) is 8.28. The highest BCUT2D eigenvalue weighted by atomic mass is 16.5. The Bertz CT molecular complexity index is 1180. The third kappa shape index (κ3) is 4.32. The monoisotopic (exact) mass is 415 g/mol. The van der Waals surface area contributed by atoms with Crippen molar-refractivity contribution in [2.75, 3.05) is 23.8 Å². The highest BCUT2D eigenvalue weighted by molar-refractivity contribution is 5.82. The smallest absolute Gasteiger partial charge is 0.219 e. The highest BCUT2D eigenvalue weighted by Gasteiger charge is 2.18. The van der Waals surface area contributed by atoms with E-state index in [1.807, 2.05) is 56.4 Å². The predicted octanol–water partition coefficient (Wildman–Crippen LogP) is 4.49. The zero-order chi connectivity index (χ0) is 21.2. The summed E-state index contributed by atoms with van der Waals surface area (Å²) >= 11 is 0. The normalized spacial score (nSPS) is 13.7. The van der Waals surface area contributed by atoms with Crippen molar-refractivity contribution in [3.63, 3.8) is 0 Å². The van der Waals surface area contributed by atoms with Crippen LogP contribution >= 0.6 is 0 Å². The van der Waals surface area contributed by atoms with Crippen LogP contribution in [0.5, 0.6) is 11.6 Å². The molecule has 7 heteroatoms. The van der Waals surface area contributed by atoms with Crippen LogP contribution < -0.4 is 15.4 Å². The molecule has 158 valence electrons. The summed E-state index contributed by atoms with van der Waals surface area (Å²) in [7, 11) is 2.03. The summed E-state index contributed by atoms with van der Waals surface area (Å²) in [6, 6.07) is 18.5. The van der Waals surface area contributed by atoms with Gasteiger partial charge in [-0.05, 0) is 48.4 Å². The Morgan fingerprint density at radius 1 is 1.10 bits per heavy atom. The van der Waals surface area contributed by atoms with Crippen LogP contribution in [-0.4, -0.2) is 33.8 Å². The molecule has 0 radical (unpaired) electrons. The van der Waals surface area contributed by atoms with E-state index in [1.54, 1.807) is 6.20 Å². The quantitative estimate of drug-likeness (QED) is 0.463. The van der Waals surface area contributed by atoms with E-state index >= 15 is 0 Å². The molecule has 7 nitrogen and oxygen atoms in total. The highest BCUT2D eigenvalue weighted by Crippen LogP contribution is 2.24. The molecule has 2 aromatic heterocycles. The number of nitrogens with one attached hydrogen (secondary N) is 2. The van der Waals surface area contributed by atoms with E-state index in [0.717, 1.165) is 52.8 Å². The molecule has 0 aliphatic carbocycles. The number of hydrogen-bond acceptors (Lipinski definition) is 6. The minimum absolute atomic E-state index is 0.400. The first-order chi connectivity index (χ1) is 15.1. The molecular weight excluding hydrogens is 390 g/mol. The number of fused-ring (bicyclic) bond motifs is 1. The summed E-state index contributed by atoms with van der Waals surface area (Å²) in [5.41, 5.74) is 5.39. The van der Waals surface area contributed by atoms with Crippen molar-refractivity contribution in [2.45, 2.75) is 19.5 Å². The molecular formula is C24H25N5O2. The Morgan fingerprint density at radius 3 is 2.65 bits per heavy atom. The van der Waals surface area contributed by atoms with Crippen LogP contribution in [-0.2, 0) is 18.3 Å². The van der Waals surface area contributed by atoms with Gasteiger partial charge in [-0.3, -0.25) is 0 Å². The van der Waals surface area contributed by atoms with Crippen LogP contribution in [0.3, 0.4) is 0 Å². The predicted molar refractivity (Wildman–Crippen MR) is 122 cm³/mol. The van der Waals surface area contributed by atoms with Gasteiger partial charge in [-0.15, -0.1) is 0 Å². The molecule has 1 saturated heterocycles.